The molecule has 0 unspecified atom stereocenters. The highest BCUT2D eigenvalue weighted by Gasteiger charge is 2.31. The third kappa shape index (κ3) is 12.7. The summed E-state index contributed by atoms with van der Waals surface area (Å²) in [7, 11) is 0. The number of amides is 2. The van der Waals surface area contributed by atoms with Crippen LogP contribution in [0.4, 0.5) is 0 Å². The predicted molar refractivity (Wildman–Crippen MR) is 158 cm³/mol. The van der Waals surface area contributed by atoms with Crippen LogP contribution in [0.2, 0.25) is 0 Å². The van der Waals surface area contributed by atoms with Crippen molar-refractivity contribution in [2.75, 3.05) is 26.3 Å². The summed E-state index contributed by atoms with van der Waals surface area (Å²) in [6.45, 7) is 11.7. The van der Waals surface area contributed by atoms with Crippen molar-refractivity contribution in [3.8, 4) is 17.2 Å². The minimum Gasteiger partial charge on any atom is -0.508 e. The molecule has 2 rings (SSSR count). The van der Waals surface area contributed by atoms with Crippen LogP contribution in [0.15, 0.2) is 42.5 Å². The van der Waals surface area contributed by atoms with Crippen LogP contribution in [0.25, 0.3) is 0 Å². The first kappa shape index (κ1) is 32.9. The lowest BCUT2D eigenvalue weighted by Gasteiger charge is -2.31. The molecule has 2 aromatic carbocycles. The minimum atomic E-state index is -0.678. The summed E-state index contributed by atoms with van der Waals surface area (Å²) in [6.07, 6.45) is 4.71. The van der Waals surface area contributed by atoms with Crippen LogP contribution in [0.5, 0.6) is 17.2 Å². The second-order valence-electron chi connectivity index (χ2n) is 11.7. The number of phenolic OH excluding ortho intramolecular Hbond substituents is 2. The molecule has 0 saturated heterocycles. The topological polar surface area (TPSA) is 117 Å². The molecule has 2 aromatic rings. The van der Waals surface area contributed by atoms with E-state index in [1.807, 2.05) is 58.9 Å². The summed E-state index contributed by atoms with van der Waals surface area (Å²) in [6, 6.07) is 12.4. The lowest BCUT2D eigenvalue weighted by molar-refractivity contribution is -0.137. The summed E-state index contributed by atoms with van der Waals surface area (Å²) in [5, 5.41) is 25.3. The van der Waals surface area contributed by atoms with E-state index in [2.05, 4.69) is 10.6 Å². The van der Waals surface area contributed by atoms with Crippen molar-refractivity contribution in [3.63, 3.8) is 0 Å². The molecule has 0 saturated carbocycles. The molecule has 2 amide bonds. The second-order valence-corrected chi connectivity index (χ2v) is 11.7. The molecule has 0 fully saturated rings. The standard InChI is InChI=1S/C32H48N2O6/c1-24-12-15-27(16-13-24)39-21-9-8-19-34-30(38)31(2,3)23-40-32(4,5)18-20-33-29(37)11-7-6-10-25-22-26(35)14-17-28(25)36/h12-17,22,35-36H,6-11,18-21,23H2,1-5H3,(H,33,37)(H,34,38). The fourth-order valence-corrected chi connectivity index (χ4v) is 3.97. The molecule has 8 nitrogen and oxygen atoms in total. The van der Waals surface area contributed by atoms with E-state index in [1.165, 1.54) is 17.7 Å². The van der Waals surface area contributed by atoms with Crippen molar-refractivity contribution in [2.24, 2.45) is 5.41 Å². The van der Waals surface area contributed by atoms with Crippen LogP contribution in [0, 0.1) is 12.3 Å². The number of nitrogens with one attached hydrogen (secondary N) is 2. The van der Waals surface area contributed by atoms with E-state index in [0.29, 0.717) is 50.9 Å². The van der Waals surface area contributed by atoms with Gasteiger partial charge in [-0.05, 0) is 109 Å². The van der Waals surface area contributed by atoms with Gasteiger partial charge in [-0.1, -0.05) is 17.7 Å². The number of unbranched alkanes of at least 4 members (excludes halogenated alkanes) is 2. The Balaban J connectivity index is 1.56. The summed E-state index contributed by atoms with van der Waals surface area (Å²) >= 11 is 0. The normalized spacial score (nSPS) is 11.7. The van der Waals surface area contributed by atoms with Gasteiger partial charge < -0.3 is 30.3 Å². The predicted octanol–water partition coefficient (Wildman–Crippen LogP) is 5.42. The van der Waals surface area contributed by atoms with Crippen molar-refractivity contribution in [2.45, 2.75) is 85.2 Å². The third-order valence-corrected chi connectivity index (χ3v) is 6.80. The average molecular weight is 557 g/mol. The highest BCUT2D eigenvalue weighted by molar-refractivity contribution is 5.81. The molecular formula is C32H48N2O6. The number of carbonyl (C=O) groups excluding carboxylic acids is 2. The molecule has 0 heterocycles. The number of rotatable bonds is 18. The van der Waals surface area contributed by atoms with Gasteiger partial charge in [-0.3, -0.25) is 9.59 Å². The monoisotopic (exact) mass is 556 g/mol. The van der Waals surface area contributed by atoms with Gasteiger partial charge in [0.15, 0.2) is 0 Å². The van der Waals surface area contributed by atoms with E-state index in [0.717, 1.165) is 25.0 Å². The Kier molecular flexibility index (Phi) is 13.3. The molecule has 222 valence electrons. The molecule has 4 N–H and O–H groups in total. The van der Waals surface area contributed by atoms with Gasteiger partial charge in [0.1, 0.15) is 17.2 Å². The maximum Gasteiger partial charge on any atom is 0.227 e. The Labute approximate surface area is 239 Å². The number of hydrogen-bond acceptors (Lipinski definition) is 6. The Morgan fingerprint density at radius 3 is 2.33 bits per heavy atom. The van der Waals surface area contributed by atoms with Gasteiger partial charge in [0, 0.05) is 19.5 Å². The van der Waals surface area contributed by atoms with Crippen LogP contribution in [-0.2, 0) is 20.7 Å². The molecular weight excluding hydrogens is 508 g/mol. The number of benzene rings is 2. The summed E-state index contributed by atoms with van der Waals surface area (Å²) in [4.78, 5) is 24.9. The highest BCUT2D eigenvalue weighted by atomic mass is 16.5. The average Bonchev–Trinajstić information content (AvgIpc) is 2.90. The zero-order chi connectivity index (χ0) is 29.6. The molecule has 8 heteroatoms. The summed E-state index contributed by atoms with van der Waals surface area (Å²) < 4.78 is 11.8. The molecule has 0 bridgehead atoms. The van der Waals surface area contributed by atoms with Gasteiger partial charge in [0.2, 0.25) is 11.8 Å². The maximum atomic E-state index is 12.7. The lowest BCUT2D eigenvalue weighted by atomic mass is 9.92. The number of phenols is 2. The van der Waals surface area contributed by atoms with Crippen LogP contribution in [0.1, 0.15) is 77.3 Å². The number of hydrogen-bond donors (Lipinski definition) is 4. The number of aryl methyl sites for hydroxylation is 2. The fourth-order valence-electron chi connectivity index (χ4n) is 3.97. The highest BCUT2D eigenvalue weighted by Crippen LogP contribution is 2.24. The first-order valence-corrected chi connectivity index (χ1v) is 14.3. The van der Waals surface area contributed by atoms with E-state index in [9.17, 15) is 19.8 Å². The molecule has 0 radical (unpaired) electrons. The van der Waals surface area contributed by atoms with E-state index >= 15 is 0 Å². The van der Waals surface area contributed by atoms with Crippen molar-refractivity contribution in [3.05, 3.63) is 53.6 Å². The van der Waals surface area contributed by atoms with Gasteiger partial charge in [0.25, 0.3) is 0 Å². The Morgan fingerprint density at radius 1 is 0.875 bits per heavy atom. The lowest BCUT2D eigenvalue weighted by Crippen LogP contribution is -2.43. The van der Waals surface area contributed by atoms with E-state index in [4.69, 9.17) is 9.47 Å². The van der Waals surface area contributed by atoms with E-state index in [1.54, 1.807) is 6.07 Å². The molecule has 0 aliphatic rings. The van der Waals surface area contributed by atoms with Gasteiger partial charge in [0.05, 0.1) is 24.2 Å². The first-order chi connectivity index (χ1) is 18.9. The van der Waals surface area contributed by atoms with Crippen LogP contribution < -0.4 is 15.4 Å². The van der Waals surface area contributed by atoms with Gasteiger partial charge in [-0.15, -0.1) is 0 Å². The number of aromatic hydroxyl groups is 2. The third-order valence-electron chi connectivity index (χ3n) is 6.80. The molecule has 0 spiro atoms. The van der Waals surface area contributed by atoms with Crippen molar-refractivity contribution in [1.29, 1.82) is 0 Å². The zero-order valence-corrected chi connectivity index (χ0v) is 24.8. The van der Waals surface area contributed by atoms with Crippen molar-refractivity contribution >= 4 is 11.8 Å². The Bertz CT molecular complexity index is 1070. The second kappa shape index (κ2) is 16.1. The molecule has 0 atom stereocenters. The smallest absolute Gasteiger partial charge is 0.227 e. The molecule has 0 aromatic heterocycles. The Morgan fingerprint density at radius 2 is 1.60 bits per heavy atom. The SMILES string of the molecule is Cc1ccc(OCCCCNC(=O)C(C)(C)COC(C)(C)CCNC(=O)CCCCc2cc(O)ccc2O)cc1. The fraction of sp³-hybridized carbons (Fsp3) is 0.562. The first-order valence-electron chi connectivity index (χ1n) is 14.3. The Hall–Kier alpha value is -3.26. The zero-order valence-electron chi connectivity index (χ0n) is 24.8. The van der Waals surface area contributed by atoms with Gasteiger partial charge in [-0.2, -0.15) is 0 Å². The molecule has 0 aliphatic carbocycles. The van der Waals surface area contributed by atoms with Crippen molar-refractivity contribution < 1.29 is 29.3 Å². The van der Waals surface area contributed by atoms with Crippen LogP contribution in [0.3, 0.4) is 0 Å². The molecule has 0 aliphatic heterocycles. The van der Waals surface area contributed by atoms with Crippen molar-refractivity contribution in [1.82, 2.24) is 10.6 Å². The maximum absolute atomic E-state index is 12.7. The molecule has 40 heavy (non-hydrogen) atoms. The van der Waals surface area contributed by atoms with Gasteiger partial charge in [-0.25, -0.2) is 0 Å². The van der Waals surface area contributed by atoms with E-state index in [-0.39, 0.29) is 29.9 Å². The largest absolute Gasteiger partial charge is 0.508 e. The van der Waals surface area contributed by atoms with E-state index < -0.39 is 11.0 Å². The summed E-state index contributed by atoms with van der Waals surface area (Å²) in [5.41, 5.74) is 0.707. The quantitative estimate of drug-likeness (QED) is 0.144. The number of carbonyl (C=O) groups is 2. The van der Waals surface area contributed by atoms with Crippen LogP contribution >= 0.6 is 0 Å². The van der Waals surface area contributed by atoms with Crippen LogP contribution in [-0.4, -0.2) is 53.9 Å². The minimum absolute atomic E-state index is 0.0279. The summed E-state index contributed by atoms with van der Waals surface area (Å²) in [5.74, 6) is 1.06. The van der Waals surface area contributed by atoms with Gasteiger partial charge >= 0.3 is 0 Å². The number of ether oxygens (including phenoxy) is 2.